The minimum absolute atomic E-state index is 0.126. The summed E-state index contributed by atoms with van der Waals surface area (Å²) in [6.07, 6.45) is 55.6. The highest BCUT2D eigenvalue weighted by atomic mass is 31.2. The van der Waals surface area contributed by atoms with Crippen molar-refractivity contribution in [1.82, 2.24) is 0 Å². The maximum Gasteiger partial charge on any atom is 0.472 e. The van der Waals surface area contributed by atoms with Gasteiger partial charge in [0.25, 0.3) is 0 Å². The molecular formula is C56H95O11P. The number of esters is 3. The Kier molecular flexibility index (Phi) is 47.6. The molecule has 3 atom stereocenters. The van der Waals surface area contributed by atoms with Gasteiger partial charge in [-0.15, -0.1) is 0 Å². The molecule has 12 heteroatoms. The van der Waals surface area contributed by atoms with Gasteiger partial charge in [-0.25, -0.2) is 4.57 Å². The highest BCUT2D eigenvalue weighted by Gasteiger charge is 2.28. The molecule has 0 aromatic heterocycles. The van der Waals surface area contributed by atoms with E-state index < -0.39 is 57.8 Å². The molecule has 0 saturated heterocycles. The molecule has 2 N–H and O–H groups in total. The van der Waals surface area contributed by atoms with E-state index in [1.807, 2.05) is 0 Å². The van der Waals surface area contributed by atoms with Crippen molar-refractivity contribution in [3.8, 4) is 0 Å². The van der Waals surface area contributed by atoms with Gasteiger partial charge >= 0.3 is 25.7 Å². The fourth-order valence-corrected chi connectivity index (χ4v) is 7.61. The van der Waals surface area contributed by atoms with Gasteiger partial charge in [0, 0.05) is 19.3 Å². The molecule has 0 aliphatic carbocycles. The second-order valence-corrected chi connectivity index (χ2v) is 18.7. The minimum Gasteiger partial charge on any atom is -0.462 e. The van der Waals surface area contributed by atoms with Gasteiger partial charge in [-0.2, -0.15) is 0 Å². The smallest absolute Gasteiger partial charge is 0.462 e. The lowest BCUT2D eigenvalue weighted by atomic mass is 10.1. The lowest BCUT2D eigenvalue weighted by Gasteiger charge is -2.21. The summed E-state index contributed by atoms with van der Waals surface area (Å²) in [5, 5.41) is 9.75. The van der Waals surface area contributed by atoms with Crippen molar-refractivity contribution in [2.24, 2.45) is 0 Å². The maximum absolute atomic E-state index is 12.8. The van der Waals surface area contributed by atoms with Crippen molar-refractivity contribution in [3.63, 3.8) is 0 Å². The van der Waals surface area contributed by atoms with Crippen molar-refractivity contribution in [2.75, 3.05) is 26.4 Å². The molecule has 0 amide bonds. The van der Waals surface area contributed by atoms with Crippen LogP contribution in [-0.4, -0.2) is 66.5 Å². The van der Waals surface area contributed by atoms with Crippen molar-refractivity contribution in [2.45, 2.75) is 226 Å². The molecule has 0 rings (SSSR count). The number of aliphatic hydroxyl groups is 1. The second-order valence-electron chi connectivity index (χ2n) is 17.3. The quantitative estimate of drug-likeness (QED) is 0.0197. The number of hydrogen-bond acceptors (Lipinski definition) is 10. The van der Waals surface area contributed by atoms with Crippen LogP contribution in [0.1, 0.15) is 213 Å². The van der Waals surface area contributed by atoms with Crippen molar-refractivity contribution >= 4 is 25.7 Å². The Balaban J connectivity index is 4.77. The van der Waals surface area contributed by atoms with Gasteiger partial charge in [0.1, 0.15) is 12.7 Å². The summed E-state index contributed by atoms with van der Waals surface area (Å²) >= 11 is 0. The van der Waals surface area contributed by atoms with Gasteiger partial charge in [0.15, 0.2) is 6.10 Å². The fourth-order valence-electron chi connectivity index (χ4n) is 6.83. The van der Waals surface area contributed by atoms with Crippen molar-refractivity contribution in [1.29, 1.82) is 0 Å². The Hall–Kier alpha value is -3.34. The van der Waals surface area contributed by atoms with Crippen molar-refractivity contribution in [3.05, 3.63) is 85.1 Å². The summed E-state index contributed by atoms with van der Waals surface area (Å²) in [6.45, 7) is 4.32. The topological polar surface area (TPSA) is 155 Å². The molecule has 0 radical (unpaired) electrons. The fraction of sp³-hybridized carbons (Fsp3) is 0.696. The van der Waals surface area contributed by atoms with Crippen LogP contribution in [0.5, 0.6) is 0 Å². The van der Waals surface area contributed by atoms with Crippen molar-refractivity contribution < 1.29 is 52.2 Å². The minimum atomic E-state index is -4.75. The van der Waals surface area contributed by atoms with Crippen LogP contribution in [0, 0.1) is 0 Å². The van der Waals surface area contributed by atoms with E-state index in [0.29, 0.717) is 19.3 Å². The molecule has 0 heterocycles. The normalized spacial score (nSPS) is 14.1. The second kappa shape index (κ2) is 50.1. The first kappa shape index (κ1) is 64.7. The molecule has 11 nitrogen and oxygen atoms in total. The first-order valence-corrected chi connectivity index (χ1v) is 28.0. The van der Waals surface area contributed by atoms with Crippen LogP contribution < -0.4 is 0 Å². The molecule has 0 fully saturated rings. The standard InChI is InChI=1S/C56H95O11P/c1-4-7-10-13-16-19-21-23-24-25-26-27-28-30-31-34-36-39-42-45-54(58)63-49-53(67-56(60)47-44-41-38-35-32-29-22-20-17-14-11-8-5-2)51-65-68(61,62)64-50-52(48-57)66-55(59)46-43-40-37-33-18-15-12-9-6-3/h7-8,10-11,16-17,19-20,23-24,26-27,29,32,52-53,57H,4-6,9,12-15,18,21-22,25,28,30-31,33-51H2,1-3H3,(H,61,62)/b10-7-,11-8-,19-16-,20-17-,24-23-,27-26-,32-29-. The lowest BCUT2D eigenvalue weighted by molar-refractivity contribution is -0.161. The third kappa shape index (κ3) is 47.7. The number of allylic oxidation sites excluding steroid dienone is 14. The summed E-state index contributed by atoms with van der Waals surface area (Å²) < 4.78 is 39.3. The summed E-state index contributed by atoms with van der Waals surface area (Å²) in [5.41, 5.74) is 0. The molecular weight excluding hydrogens is 880 g/mol. The Bertz CT molecular complexity index is 1460. The monoisotopic (exact) mass is 975 g/mol. The first-order valence-electron chi connectivity index (χ1n) is 26.5. The molecule has 0 saturated carbocycles. The van der Waals surface area contributed by atoms with E-state index >= 15 is 0 Å². The van der Waals surface area contributed by atoms with Crippen LogP contribution in [0.15, 0.2) is 85.1 Å². The van der Waals surface area contributed by atoms with Crippen LogP contribution in [0.3, 0.4) is 0 Å². The van der Waals surface area contributed by atoms with E-state index in [4.69, 9.17) is 23.3 Å². The van der Waals surface area contributed by atoms with Gasteiger partial charge in [-0.3, -0.25) is 23.4 Å². The van der Waals surface area contributed by atoms with Crippen LogP contribution >= 0.6 is 7.82 Å². The zero-order valence-corrected chi connectivity index (χ0v) is 43.7. The van der Waals surface area contributed by atoms with Crippen LogP contribution in [0.2, 0.25) is 0 Å². The average Bonchev–Trinajstić information content (AvgIpc) is 3.32. The third-order valence-corrected chi connectivity index (χ3v) is 11.8. The number of hydrogen-bond donors (Lipinski definition) is 2. The van der Waals surface area contributed by atoms with E-state index in [2.05, 4.69) is 106 Å². The Morgan fingerprint density at radius 3 is 1.19 bits per heavy atom. The van der Waals surface area contributed by atoms with Gasteiger partial charge < -0.3 is 24.2 Å². The molecule has 68 heavy (non-hydrogen) atoms. The number of unbranched alkanes of at least 4 members (excludes halogenated alkanes) is 17. The van der Waals surface area contributed by atoms with E-state index in [1.54, 1.807) is 0 Å². The molecule has 0 bridgehead atoms. The molecule has 0 spiro atoms. The average molecular weight is 975 g/mol. The van der Waals surface area contributed by atoms with Gasteiger partial charge in [-0.05, 0) is 89.9 Å². The highest BCUT2D eigenvalue weighted by Crippen LogP contribution is 2.43. The molecule has 0 aromatic carbocycles. The number of phosphoric acid groups is 1. The number of rotatable bonds is 48. The zero-order valence-electron chi connectivity index (χ0n) is 42.8. The van der Waals surface area contributed by atoms with E-state index in [0.717, 1.165) is 122 Å². The number of carbonyl (C=O) groups is 3. The largest absolute Gasteiger partial charge is 0.472 e. The molecule has 0 aliphatic rings. The summed E-state index contributed by atoms with van der Waals surface area (Å²) in [5.74, 6) is -1.52. The Labute approximate surface area is 413 Å². The molecule has 3 unspecified atom stereocenters. The van der Waals surface area contributed by atoms with Crippen LogP contribution in [0.25, 0.3) is 0 Å². The number of aliphatic hydroxyl groups excluding tert-OH is 1. The van der Waals surface area contributed by atoms with E-state index in [-0.39, 0.29) is 25.9 Å². The predicted molar refractivity (Wildman–Crippen MR) is 279 cm³/mol. The molecule has 390 valence electrons. The zero-order chi connectivity index (χ0) is 49.9. The Morgan fingerprint density at radius 2 is 0.765 bits per heavy atom. The van der Waals surface area contributed by atoms with Gasteiger partial charge in [0.05, 0.1) is 19.8 Å². The van der Waals surface area contributed by atoms with E-state index in [9.17, 15) is 28.9 Å². The Morgan fingerprint density at radius 1 is 0.426 bits per heavy atom. The van der Waals surface area contributed by atoms with Crippen LogP contribution in [0.4, 0.5) is 0 Å². The van der Waals surface area contributed by atoms with Gasteiger partial charge in [0.2, 0.25) is 0 Å². The van der Waals surface area contributed by atoms with Gasteiger partial charge in [-0.1, -0.05) is 189 Å². The summed E-state index contributed by atoms with van der Waals surface area (Å²) in [4.78, 5) is 48.3. The number of carbonyl (C=O) groups excluding carboxylic acids is 3. The SMILES string of the molecule is CC/C=C\C/C=C\C/C=C\C/C=C\CCCCCCCCC(=O)OCC(COP(=O)(O)OCC(CO)OC(=O)CCCCCCCCCCC)OC(=O)CCCCC/C=C\C/C=C\C/C=C\CC. The predicted octanol–water partition coefficient (Wildman–Crippen LogP) is 15.1. The summed E-state index contributed by atoms with van der Waals surface area (Å²) in [7, 11) is -4.75. The number of ether oxygens (including phenoxy) is 3. The van der Waals surface area contributed by atoms with Crippen LogP contribution in [-0.2, 0) is 42.2 Å². The molecule has 0 aromatic rings. The summed E-state index contributed by atoms with van der Waals surface area (Å²) in [6, 6.07) is 0. The maximum atomic E-state index is 12.8. The lowest BCUT2D eigenvalue weighted by Crippen LogP contribution is -2.30. The highest BCUT2D eigenvalue weighted by molar-refractivity contribution is 7.47. The third-order valence-electron chi connectivity index (χ3n) is 10.8. The first-order chi connectivity index (χ1) is 33.2. The number of phosphoric ester groups is 1. The van der Waals surface area contributed by atoms with E-state index in [1.165, 1.54) is 32.1 Å². The molecule has 0 aliphatic heterocycles.